The highest BCUT2D eigenvalue weighted by Gasteiger charge is 2.59. The standard InChI is InChI=1S/4C13H24/c4*1-8(2)11-6-10-7-12(9(11)3)13(10,4)5/h4*8-12H,6-7H2,1-5H3/t4*9-,10+,11-,12+/m1100/s1. The van der Waals surface area contributed by atoms with E-state index in [0.29, 0.717) is 21.7 Å². The van der Waals surface area contributed by atoms with Crippen molar-refractivity contribution in [1.82, 2.24) is 0 Å². The van der Waals surface area contributed by atoms with E-state index < -0.39 is 0 Å². The summed E-state index contributed by atoms with van der Waals surface area (Å²) in [6, 6.07) is 0. The van der Waals surface area contributed by atoms with E-state index in [0.717, 1.165) is 118 Å². The first-order valence-corrected chi connectivity index (χ1v) is 23.8. The Hall–Kier alpha value is 0. The van der Waals surface area contributed by atoms with Crippen molar-refractivity contribution in [2.45, 2.75) is 190 Å². The lowest BCUT2D eigenvalue weighted by molar-refractivity contribution is -0.137. The van der Waals surface area contributed by atoms with Crippen LogP contribution in [-0.4, -0.2) is 0 Å². The number of fused-ring (bicyclic) bond motifs is 8. The minimum Gasteiger partial charge on any atom is -0.0625 e. The van der Waals surface area contributed by atoms with Crippen molar-refractivity contribution >= 4 is 0 Å². The van der Waals surface area contributed by atoms with Crippen molar-refractivity contribution in [2.75, 3.05) is 0 Å². The van der Waals surface area contributed by atoms with Gasteiger partial charge in [0.25, 0.3) is 0 Å². The van der Waals surface area contributed by atoms with Crippen LogP contribution in [0.1, 0.15) is 190 Å². The monoisotopic (exact) mass is 721 g/mol. The SMILES string of the molecule is CC(C)[C@@H]1C[C@@H]2C[C@H]([C@H]1C)C2(C)C.CC(C)[C@@H]1C[C@@H]2C[C@H]([C@H]1C)C2(C)C.CC(C)[C@H]1C[C@H]2C[C@@H]([C@@H]1C)C2(C)C.CC(C)[C@H]1C[C@H]2C[C@@H]([C@@H]1C)C2(C)C. The van der Waals surface area contributed by atoms with Gasteiger partial charge in [-0.1, -0.05) is 138 Å². The molecule has 0 aromatic rings. The van der Waals surface area contributed by atoms with Gasteiger partial charge in [-0.15, -0.1) is 0 Å². The zero-order valence-corrected chi connectivity index (χ0v) is 39.2. The minimum atomic E-state index is 0.671. The van der Waals surface area contributed by atoms with Gasteiger partial charge >= 0.3 is 0 Å². The quantitative estimate of drug-likeness (QED) is 0.271. The first kappa shape index (κ1) is 43.1. The summed E-state index contributed by atoms with van der Waals surface area (Å²) in [5.74, 6) is 19.8. The Bertz CT molecular complexity index is 984. The lowest BCUT2D eigenvalue weighted by atomic mass is 9.42. The van der Waals surface area contributed by atoms with Crippen LogP contribution in [0.5, 0.6) is 0 Å². The molecule has 8 bridgehead atoms. The molecule has 0 aromatic heterocycles. The molecule has 0 N–H and O–H groups in total. The van der Waals surface area contributed by atoms with Gasteiger partial charge in [-0.25, -0.2) is 0 Å². The summed E-state index contributed by atoms with van der Waals surface area (Å²) in [6.45, 7) is 49.1. The molecule has 12 aliphatic carbocycles. The largest absolute Gasteiger partial charge is 0.0625 e. The maximum atomic E-state index is 2.49. The molecule has 0 aromatic carbocycles. The zero-order valence-electron chi connectivity index (χ0n) is 39.2. The summed E-state index contributed by atoms with van der Waals surface area (Å²) in [4.78, 5) is 0. The highest BCUT2D eigenvalue weighted by molar-refractivity contribution is 5.08. The van der Waals surface area contributed by atoms with E-state index in [1.807, 2.05) is 0 Å². The fourth-order valence-electron chi connectivity index (χ4n) is 16.3. The second kappa shape index (κ2) is 15.1. The Balaban J connectivity index is 0.000000134. The number of hydrogen-bond donors (Lipinski definition) is 0. The molecule has 0 heteroatoms. The Labute approximate surface area is 328 Å². The van der Waals surface area contributed by atoms with Gasteiger partial charge in [0.15, 0.2) is 0 Å². The molecule has 0 spiro atoms. The lowest BCUT2D eigenvalue weighted by Crippen LogP contribution is -2.55. The van der Waals surface area contributed by atoms with Crippen LogP contribution in [0, 0.1) is 140 Å². The lowest BCUT2D eigenvalue weighted by Gasteiger charge is -2.63. The number of rotatable bonds is 4. The second-order valence-electron chi connectivity index (χ2n) is 25.5. The molecule has 0 nitrogen and oxygen atoms in total. The first-order chi connectivity index (χ1) is 23.8. The van der Waals surface area contributed by atoms with E-state index in [4.69, 9.17) is 0 Å². The van der Waals surface area contributed by atoms with Crippen LogP contribution >= 0.6 is 0 Å². The summed E-state index contributed by atoms with van der Waals surface area (Å²) in [5, 5.41) is 0. The van der Waals surface area contributed by atoms with E-state index in [1.54, 1.807) is 0 Å². The summed E-state index contributed by atoms with van der Waals surface area (Å²) in [5.41, 5.74) is 2.69. The first-order valence-electron chi connectivity index (χ1n) is 23.8. The Morgan fingerprint density at radius 1 is 0.288 bits per heavy atom. The maximum Gasteiger partial charge on any atom is -0.0295 e. The predicted octanol–water partition coefficient (Wildman–Crippen LogP) is 15.8. The molecular weight excluding hydrogens is 625 g/mol. The third kappa shape index (κ3) is 7.33. The third-order valence-corrected chi connectivity index (χ3v) is 21.1. The van der Waals surface area contributed by atoms with Gasteiger partial charge in [-0.05, 0) is 191 Å². The minimum absolute atomic E-state index is 0.671. The molecule has 16 atom stereocenters. The summed E-state index contributed by atoms with van der Waals surface area (Å²) < 4.78 is 0. The van der Waals surface area contributed by atoms with Crippen LogP contribution in [-0.2, 0) is 0 Å². The molecule has 0 saturated heterocycles. The van der Waals surface area contributed by atoms with Crippen molar-refractivity contribution in [1.29, 1.82) is 0 Å². The third-order valence-electron chi connectivity index (χ3n) is 21.1. The molecule has 0 aliphatic heterocycles. The molecule has 0 radical (unpaired) electrons. The van der Waals surface area contributed by atoms with E-state index in [2.05, 4.69) is 138 Å². The molecular formula is C52H96. The molecule has 0 amide bonds. The molecule has 12 aliphatic rings. The highest BCUT2D eigenvalue weighted by Crippen LogP contribution is 2.67. The van der Waals surface area contributed by atoms with Gasteiger partial charge in [-0.2, -0.15) is 0 Å². The fraction of sp³-hybridized carbons (Fsp3) is 1.00. The normalized spacial score (nSPS) is 47.5. The van der Waals surface area contributed by atoms with E-state index in [-0.39, 0.29) is 0 Å². The molecule has 12 rings (SSSR count). The Morgan fingerprint density at radius 2 is 0.442 bits per heavy atom. The van der Waals surface area contributed by atoms with Crippen LogP contribution in [0.25, 0.3) is 0 Å². The van der Waals surface area contributed by atoms with Crippen LogP contribution in [0.2, 0.25) is 0 Å². The van der Waals surface area contributed by atoms with Crippen molar-refractivity contribution in [3.63, 3.8) is 0 Å². The topological polar surface area (TPSA) is 0 Å². The van der Waals surface area contributed by atoms with Crippen LogP contribution in [0.15, 0.2) is 0 Å². The highest BCUT2D eigenvalue weighted by atomic mass is 14.6. The molecule has 304 valence electrons. The van der Waals surface area contributed by atoms with Crippen molar-refractivity contribution in [3.05, 3.63) is 0 Å². The molecule has 52 heavy (non-hydrogen) atoms. The molecule has 0 unspecified atom stereocenters. The number of hydrogen-bond acceptors (Lipinski definition) is 0. The molecule has 0 heterocycles. The average Bonchev–Trinajstić information content (AvgIpc) is 3.04. The maximum absolute atomic E-state index is 2.49. The summed E-state index contributed by atoms with van der Waals surface area (Å²) >= 11 is 0. The van der Waals surface area contributed by atoms with Gasteiger partial charge in [0.1, 0.15) is 0 Å². The Morgan fingerprint density at radius 3 is 0.538 bits per heavy atom. The molecule has 12 fully saturated rings. The van der Waals surface area contributed by atoms with Gasteiger partial charge in [-0.3, -0.25) is 0 Å². The van der Waals surface area contributed by atoms with Crippen LogP contribution in [0.4, 0.5) is 0 Å². The van der Waals surface area contributed by atoms with E-state index >= 15 is 0 Å². The summed E-state index contributed by atoms with van der Waals surface area (Å²) in [6.07, 6.45) is 12.1. The van der Waals surface area contributed by atoms with E-state index in [1.165, 1.54) is 51.4 Å². The van der Waals surface area contributed by atoms with Crippen LogP contribution in [0.3, 0.4) is 0 Å². The van der Waals surface area contributed by atoms with Gasteiger partial charge in [0.2, 0.25) is 0 Å². The zero-order chi connectivity index (χ0) is 39.2. The van der Waals surface area contributed by atoms with Crippen molar-refractivity contribution in [3.8, 4) is 0 Å². The average molecular weight is 721 g/mol. The predicted molar refractivity (Wildman–Crippen MR) is 230 cm³/mol. The second-order valence-corrected chi connectivity index (χ2v) is 25.5. The van der Waals surface area contributed by atoms with E-state index in [9.17, 15) is 0 Å². The van der Waals surface area contributed by atoms with Gasteiger partial charge < -0.3 is 0 Å². The summed E-state index contributed by atoms with van der Waals surface area (Å²) in [7, 11) is 0. The van der Waals surface area contributed by atoms with Crippen molar-refractivity contribution in [2.24, 2.45) is 140 Å². The van der Waals surface area contributed by atoms with Crippen molar-refractivity contribution < 1.29 is 0 Å². The molecule has 12 saturated carbocycles. The van der Waals surface area contributed by atoms with Gasteiger partial charge in [0, 0.05) is 0 Å². The smallest absolute Gasteiger partial charge is 0.0295 e. The van der Waals surface area contributed by atoms with Gasteiger partial charge in [0.05, 0.1) is 0 Å². The van der Waals surface area contributed by atoms with Crippen LogP contribution < -0.4 is 0 Å². The Kier molecular flexibility index (Phi) is 12.5. The fourth-order valence-corrected chi connectivity index (χ4v) is 16.3.